The number of aromatic amines is 1. The average molecular weight is 345 g/mol. The molecule has 1 aliphatic heterocycles. The molecule has 0 bridgehead atoms. The second-order valence-corrected chi connectivity index (χ2v) is 6.80. The van der Waals surface area contributed by atoms with Gasteiger partial charge >= 0.3 is 0 Å². The summed E-state index contributed by atoms with van der Waals surface area (Å²) >= 11 is 0. The normalized spacial score (nSPS) is 19.6. The second kappa shape index (κ2) is 8.34. The van der Waals surface area contributed by atoms with Gasteiger partial charge in [0.2, 0.25) is 0 Å². The van der Waals surface area contributed by atoms with Crippen molar-refractivity contribution < 1.29 is 14.3 Å². The molecule has 1 amide bonds. The minimum atomic E-state index is -0.691. The zero-order chi connectivity index (χ0) is 17.6. The van der Waals surface area contributed by atoms with E-state index in [4.69, 9.17) is 4.42 Å². The molecule has 0 saturated carbocycles. The van der Waals surface area contributed by atoms with Crippen LogP contribution in [0, 0.1) is 0 Å². The monoisotopic (exact) mass is 345 g/mol. The van der Waals surface area contributed by atoms with Crippen LogP contribution in [-0.4, -0.2) is 38.7 Å². The maximum absolute atomic E-state index is 13.0. The van der Waals surface area contributed by atoms with E-state index in [1.807, 2.05) is 11.0 Å². The first-order valence-electron chi connectivity index (χ1n) is 9.25. The number of aliphatic hydroxyl groups excluding tert-OH is 1. The summed E-state index contributed by atoms with van der Waals surface area (Å²) in [7, 11) is 0. The smallest absolute Gasteiger partial charge is 0.274 e. The number of H-pyrrole nitrogens is 1. The van der Waals surface area contributed by atoms with Crippen molar-refractivity contribution >= 4 is 5.91 Å². The Bertz CT molecular complexity index is 665. The number of amides is 1. The fourth-order valence-electron chi connectivity index (χ4n) is 3.56. The van der Waals surface area contributed by atoms with Crippen molar-refractivity contribution in [3.05, 3.63) is 41.6 Å². The Morgan fingerprint density at radius 3 is 3.12 bits per heavy atom. The molecule has 2 unspecified atom stereocenters. The van der Waals surface area contributed by atoms with Crippen LogP contribution < -0.4 is 0 Å². The highest BCUT2D eigenvalue weighted by Gasteiger charge is 2.30. The highest BCUT2D eigenvalue weighted by molar-refractivity contribution is 5.92. The summed E-state index contributed by atoms with van der Waals surface area (Å²) in [6.07, 6.45) is 7.33. The van der Waals surface area contributed by atoms with E-state index in [0.717, 1.165) is 44.2 Å². The molecule has 0 radical (unpaired) electrons. The predicted molar refractivity (Wildman–Crippen MR) is 94.2 cm³/mol. The van der Waals surface area contributed by atoms with Gasteiger partial charge in [0.1, 0.15) is 17.6 Å². The molecule has 2 aromatic rings. The third-order valence-corrected chi connectivity index (χ3v) is 4.87. The number of nitrogens with zero attached hydrogens (tertiary/aromatic N) is 2. The number of aryl methyl sites for hydroxylation is 1. The van der Waals surface area contributed by atoms with Crippen LogP contribution in [0.15, 0.2) is 28.9 Å². The quantitative estimate of drug-likeness (QED) is 0.840. The maximum Gasteiger partial charge on any atom is 0.274 e. The van der Waals surface area contributed by atoms with Crippen molar-refractivity contribution in [1.82, 2.24) is 15.1 Å². The minimum absolute atomic E-state index is 0.00132. The van der Waals surface area contributed by atoms with Gasteiger partial charge in [0.05, 0.1) is 6.26 Å². The molecule has 3 rings (SSSR count). The molecule has 1 saturated heterocycles. The van der Waals surface area contributed by atoms with E-state index in [-0.39, 0.29) is 11.9 Å². The summed E-state index contributed by atoms with van der Waals surface area (Å²) in [5.41, 5.74) is 1.47. The van der Waals surface area contributed by atoms with Crippen LogP contribution in [0.25, 0.3) is 0 Å². The third-order valence-electron chi connectivity index (χ3n) is 4.87. The van der Waals surface area contributed by atoms with Gasteiger partial charge in [0.25, 0.3) is 5.91 Å². The fraction of sp³-hybridized carbons (Fsp3) is 0.579. The Hall–Kier alpha value is -2.08. The maximum atomic E-state index is 13.0. The van der Waals surface area contributed by atoms with Gasteiger partial charge in [0, 0.05) is 24.7 Å². The van der Waals surface area contributed by atoms with E-state index in [9.17, 15) is 9.90 Å². The van der Waals surface area contributed by atoms with Gasteiger partial charge < -0.3 is 14.4 Å². The topological polar surface area (TPSA) is 82.4 Å². The number of furan rings is 1. The van der Waals surface area contributed by atoms with Crippen LogP contribution in [-0.2, 0) is 6.42 Å². The number of nitrogens with one attached hydrogen (secondary N) is 1. The lowest BCUT2D eigenvalue weighted by molar-refractivity contribution is 0.0552. The SMILES string of the molecule is CCCc1cc(C(=O)N2CCCCCC2CC(O)c2ccco2)n[nH]1. The lowest BCUT2D eigenvalue weighted by atomic mass is 10.0. The minimum Gasteiger partial charge on any atom is -0.467 e. The van der Waals surface area contributed by atoms with E-state index in [0.29, 0.717) is 24.4 Å². The van der Waals surface area contributed by atoms with E-state index in [1.54, 1.807) is 18.4 Å². The number of carbonyl (C=O) groups excluding carboxylic acids is 1. The van der Waals surface area contributed by atoms with Gasteiger partial charge in [-0.3, -0.25) is 9.89 Å². The van der Waals surface area contributed by atoms with Crippen LogP contribution >= 0.6 is 0 Å². The largest absolute Gasteiger partial charge is 0.467 e. The summed E-state index contributed by atoms with van der Waals surface area (Å²) in [6.45, 7) is 2.81. The van der Waals surface area contributed by atoms with Gasteiger partial charge in [-0.2, -0.15) is 5.10 Å². The average Bonchev–Trinajstić information content (AvgIpc) is 3.24. The van der Waals surface area contributed by atoms with E-state index < -0.39 is 6.10 Å². The van der Waals surface area contributed by atoms with Gasteiger partial charge in [0.15, 0.2) is 0 Å². The molecule has 0 spiro atoms. The van der Waals surface area contributed by atoms with Crippen LogP contribution in [0.2, 0.25) is 0 Å². The molecular formula is C19H27N3O3. The molecule has 2 N–H and O–H groups in total. The molecule has 6 heteroatoms. The summed E-state index contributed by atoms with van der Waals surface area (Å²) in [6, 6.07) is 5.41. The molecule has 136 valence electrons. The van der Waals surface area contributed by atoms with E-state index in [1.165, 1.54) is 0 Å². The van der Waals surface area contributed by atoms with E-state index >= 15 is 0 Å². The van der Waals surface area contributed by atoms with Crippen molar-refractivity contribution in [2.24, 2.45) is 0 Å². The Morgan fingerprint density at radius 2 is 2.36 bits per heavy atom. The van der Waals surface area contributed by atoms with Crippen LogP contribution in [0.5, 0.6) is 0 Å². The molecule has 1 fully saturated rings. The fourth-order valence-corrected chi connectivity index (χ4v) is 3.56. The van der Waals surface area contributed by atoms with Crippen LogP contribution in [0.1, 0.15) is 73.5 Å². The molecule has 3 heterocycles. The van der Waals surface area contributed by atoms with Gasteiger partial charge in [-0.15, -0.1) is 0 Å². The molecule has 0 aromatic carbocycles. The van der Waals surface area contributed by atoms with Gasteiger partial charge in [-0.1, -0.05) is 26.2 Å². The zero-order valence-electron chi connectivity index (χ0n) is 14.8. The van der Waals surface area contributed by atoms with Crippen molar-refractivity contribution in [2.45, 2.75) is 64.0 Å². The summed E-state index contributed by atoms with van der Waals surface area (Å²) in [5, 5.41) is 17.6. The Labute approximate surface area is 148 Å². The molecule has 0 aliphatic carbocycles. The van der Waals surface area contributed by atoms with Gasteiger partial charge in [-0.25, -0.2) is 0 Å². The van der Waals surface area contributed by atoms with Crippen LogP contribution in [0.3, 0.4) is 0 Å². The molecule has 2 aromatic heterocycles. The lowest BCUT2D eigenvalue weighted by Crippen LogP contribution is -2.41. The number of hydrogen-bond donors (Lipinski definition) is 2. The highest BCUT2D eigenvalue weighted by atomic mass is 16.4. The first-order valence-corrected chi connectivity index (χ1v) is 9.25. The molecule has 25 heavy (non-hydrogen) atoms. The summed E-state index contributed by atoms with van der Waals surface area (Å²) in [4.78, 5) is 14.9. The second-order valence-electron chi connectivity index (χ2n) is 6.80. The first-order chi connectivity index (χ1) is 12.2. The summed E-state index contributed by atoms with van der Waals surface area (Å²) < 4.78 is 5.31. The van der Waals surface area contributed by atoms with Crippen LogP contribution in [0.4, 0.5) is 0 Å². The van der Waals surface area contributed by atoms with Crippen molar-refractivity contribution in [2.75, 3.05) is 6.54 Å². The summed E-state index contributed by atoms with van der Waals surface area (Å²) in [5.74, 6) is 0.513. The Kier molecular flexibility index (Phi) is 5.91. The number of aromatic nitrogens is 2. The predicted octanol–water partition coefficient (Wildman–Crippen LogP) is 3.46. The van der Waals surface area contributed by atoms with Crippen molar-refractivity contribution in [3.63, 3.8) is 0 Å². The lowest BCUT2D eigenvalue weighted by Gasteiger charge is -2.30. The van der Waals surface area contributed by atoms with Crippen molar-refractivity contribution in [3.8, 4) is 0 Å². The number of hydrogen-bond acceptors (Lipinski definition) is 4. The molecular weight excluding hydrogens is 318 g/mol. The Morgan fingerprint density at radius 1 is 1.48 bits per heavy atom. The highest BCUT2D eigenvalue weighted by Crippen LogP contribution is 2.27. The van der Waals surface area contributed by atoms with E-state index in [2.05, 4.69) is 17.1 Å². The third kappa shape index (κ3) is 4.31. The standard InChI is InChI=1S/C19H27N3O3/c1-2-7-14-12-16(21-20-14)19(24)22-10-5-3-4-8-15(22)13-17(23)18-9-6-11-25-18/h6,9,11-12,15,17,23H,2-5,7-8,10,13H2,1H3,(H,20,21). The molecule has 2 atom stereocenters. The van der Waals surface area contributed by atoms with Gasteiger partial charge in [-0.05, 0) is 37.5 Å². The molecule has 6 nitrogen and oxygen atoms in total. The Balaban J connectivity index is 1.73. The number of rotatable bonds is 6. The number of carbonyl (C=O) groups is 1. The first kappa shape index (κ1) is 17.7. The zero-order valence-corrected chi connectivity index (χ0v) is 14.8. The number of aliphatic hydroxyl groups is 1. The number of likely N-dealkylation sites (tertiary alicyclic amines) is 1. The molecule has 1 aliphatic rings. The van der Waals surface area contributed by atoms with Crippen molar-refractivity contribution in [1.29, 1.82) is 0 Å².